The van der Waals surface area contributed by atoms with Gasteiger partial charge in [-0.05, 0) is 45.7 Å². The first kappa shape index (κ1) is 15.2. The van der Waals surface area contributed by atoms with Gasteiger partial charge in [-0.25, -0.2) is 0 Å². The van der Waals surface area contributed by atoms with Crippen molar-refractivity contribution in [2.24, 2.45) is 0 Å². The molecule has 0 spiro atoms. The van der Waals surface area contributed by atoms with Crippen molar-refractivity contribution in [3.63, 3.8) is 0 Å². The maximum Gasteiger partial charge on any atom is 0.0478 e. The average molecular weight is 249 g/mol. The Bertz CT molecular complexity index is 329. The van der Waals surface area contributed by atoms with Crippen LogP contribution in [0.15, 0.2) is 18.2 Å². The number of hydrogen-bond donors (Lipinski definition) is 1. The second kappa shape index (κ2) is 8.28. The van der Waals surface area contributed by atoms with E-state index in [2.05, 4.69) is 51.2 Å². The Morgan fingerprint density at radius 2 is 1.78 bits per heavy atom. The van der Waals surface area contributed by atoms with E-state index >= 15 is 0 Å². The third kappa shape index (κ3) is 5.65. The Labute approximate surface area is 112 Å². The van der Waals surface area contributed by atoms with Crippen LogP contribution in [0.1, 0.15) is 49.4 Å². The summed E-state index contributed by atoms with van der Waals surface area (Å²) in [5.41, 5.74) is 4.05. The fourth-order valence-corrected chi connectivity index (χ4v) is 2.12. The maximum atomic E-state index is 5.47. The molecule has 0 fully saturated rings. The normalized spacial score (nSPS) is 12.7. The summed E-state index contributed by atoms with van der Waals surface area (Å²) in [6.07, 6.45) is 2.18. The minimum absolute atomic E-state index is 0.412. The van der Waals surface area contributed by atoms with Crippen LogP contribution in [0, 0.1) is 13.8 Å². The maximum absolute atomic E-state index is 5.47. The molecule has 1 aromatic carbocycles. The van der Waals surface area contributed by atoms with Crippen molar-refractivity contribution in [3.05, 3.63) is 34.9 Å². The van der Waals surface area contributed by atoms with E-state index in [9.17, 15) is 0 Å². The Balaban J connectivity index is 2.29. The smallest absolute Gasteiger partial charge is 0.0478 e. The van der Waals surface area contributed by atoms with E-state index in [1.54, 1.807) is 0 Å². The van der Waals surface area contributed by atoms with Gasteiger partial charge in [0, 0.05) is 19.3 Å². The highest BCUT2D eigenvalue weighted by Gasteiger charge is 2.05. The summed E-state index contributed by atoms with van der Waals surface area (Å²) in [5.74, 6) is 0. The van der Waals surface area contributed by atoms with E-state index in [-0.39, 0.29) is 0 Å². The molecule has 0 aliphatic carbocycles. The highest BCUT2D eigenvalue weighted by Crippen LogP contribution is 2.16. The zero-order chi connectivity index (χ0) is 13.4. The van der Waals surface area contributed by atoms with Crippen LogP contribution in [-0.2, 0) is 4.74 Å². The summed E-state index contributed by atoms with van der Waals surface area (Å²) < 4.78 is 5.47. The molecule has 1 aromatic rings. The molecule has 0 amide bonds. The molecular weight excluding hydrogens is 222 g/mol. The summed E-state index contributed by atoms with van der Waals surface area (Å²) in [6.45, 7) is 11.4. The molecule has 0 heterocycles. The van der Waals surface area contributed by atoms with Gasteiger partial charge >= 0.3 is 0 Å². The van der Waals surface area contributed by atoms with Crippen molar-refractivity contribution in [2.45, 2.75) is 46.6 Å². The quantitative estimate of drug-likeness (QED) is 0.708. The van der Waals surface area contributed by atoms with Crippen LogP contribution in [0.3, 0.4) is 0 Å². The molecule has 2 heteroatoms. The van der Waals surface area contributed by atoms with Gasteiger partial charge in [-0.1, -0.05) is 36.2 Å². The lowest BCUT2D eigenvalue weighted by molar-refractivity contribution is 0.132. The SMILES string of the molecule is CCCOCCCNC(C)c1cc(C)cc(C)c1. The van der Waals surface area contributed by atoms with E-state index in [1.165, 1.54) is 16.7 Å². The molecule has 0 bridgehead atoms. The van der Waals surface area contributed by atoms with E-state index in [1.807, 2.05) is 0 Å². The van der Waals surface area contributed by atoms with Gasteiger partial charge in [0.25, 0.3) is 0 Å². The van der Waals surface area contributed by atoms with Crippen molar-refractivity contribution in [3.8, 4) is 0 Å². The molecule has 0 saturated carbocycles. The average Bonchev–Trinajstić information content (AvgIpc) is 2.32. The number of benzene rings is 1. The molecule has 2 nitrogen and oxygen atoms in total. The number of hydrogen-bond acceptors (Lipinski definition) is 2. The summed E-state index contributed by atoms with van der Waals surface area (Å²) >= 11 is 0. The molecule has 0 saturated heterocycles. The summed E-state index contributed by atoms with van der Waals surface area (Å²) in [7, 11) is 0. The van der Waals surface area contributed by atoms with Gasteiger partial charge in [0.05, 0.1) is 0 Å². The van der Waals surface area contributed by atoms with Crippen molar-refractivity contribution in [1.82, 2.24) is 5.32 Å². The Hall–Kier alpha value is -0.860. The van der Waals surface area contributed by atoms with Gasteiger partial charge in [-0.3, -0.25) is 0 Å². The van der Waals surface area contributed by atoms with Crippen LogP contribution < -0.4 is 5.32 Å². The molecular formula is C16H27NO. The number of ether oxygens (including phenoxy) is 1. The second-order valence-electron chi connectivity index (χ2n) is 5.06. The minimum atomic E-state index is 0.412. The first-order chi connectivity index (χ1) is 8.63. The predicted molar refractivity (Wildman–Crippen MR) is 78.1 cm³/mol. The zero-order valence-electron chi connectivity index (χ0n) is 12.3. The largest absolute Gasteiger partial charge is 0.381 e. The Kier molecular flexibility index (Phi) is 6.99. The lowest BCUT2D eigenvalue weighted by Crippen LogP contribution is -2.21. The van der Waals surface area contributed by atoms with Crippen LogP contribution in [0.5, 0.6) is 0 Å². The van der Waals surface area contributed by atoms with Gasteiger partial charge in [-0.15, -0.1) is 0 Å². The number of rotatable bonds is 8. The summed E-state index contributed by atoms with van der Waals surface area (Å²) in [5, 5.41) is 3.55. The van der Waals surface area contributed by atoms with Crippen molar-refractivity contribution in [1.29, 1.82) is 0 Å². The van der Waals surface area contributed by atoms with Crippen LogP contribution in [0.4, 0.5) is 0 Å². The molecule has 18 heavy (non-hydrogen) atoms. The number of nitrogens with one attached hydrogen (secondary N) is 1. The fraction of sp³-hybridized carbons (Fsp3) is 0.625. The van der Waals surface area contributed by atoms with Crippen molar-refractivity contribution in [2.75, 3.05) is 19.8 Å². The van der Waals surface area contributed by atoms with Crippen LogP contribution in [0.2, 0.25) is 0 Å². The lowest BCUT2D eigenvalue weighted by atomic mass is 10.0. The molecule has 0 radical (unpaired) electrons. The topological polar surface area (TPSA) is 21.3 Å². The fourth-order valence-electron chi connectivity index (χ4n) is 2.12. The van der Waals surface area contributed by atoms with Crippen LogP contribution in [0.25, 0.3) is 0 Å². The van der Waals surface area contributed by atoms with E-state index in [4.69, 9.17) is 4.74 Å². The molecule has 1 atom stereocenters. The van der Waals surface area contributed by atoms with E-state index in [0.29, 0.717) is 6.04 Å². The zero-order valence-corrected chi connectivity index (χ0v) is 12.3. The summed E-state index contributed by atoms with van der Waals surface area (Å²) in [4.78, 5) is 0. The van der Waals surface area contributed by atoms with Crippen LogP contribution >= 0.6 is 0 Å². The first-order valence-electron chi connectivity index (χ1n) is 7.02. The van der Waals surface area contributed by atoms with Gasteiger partial charge in [-0.2, -0.15) is 0 Å². The minimum Gasteiger partial charge on any atom is -0.381 e. The molecule has 0 aromatic heterocycles. The van der Waals surface area contributed by atoms with Gasteiger partial charge in [0.1, 0.15) is 0 Å². The molecule has 0 aliphatic rings. The standard InChI is InChI=1S/C16H27NO/c1-5-8-18-9-6-7-17-15(4)16-11-13(2)10-14(3)12-16/h10-12,15,17H,5-9H2,1-4H3. The molecule has 1 N–H and O–H groups in total. The number of aryl methyl sites for hydroxylation is 2. The van der Waals surface area contributed by atoms with E-state index in [0.717, 1.165) is 32.6 Å². The van der Waals surface area contributed by atoms with Crippen molar-refractivity contribution >= 4 is 0 Å². The Morgan fingerprint density at radius 1 is 1.11 bits per heavy atom. The third-order valence-electron chi connectivity index (χ3n) is 3.01. The molecule has 102 valence electrons. The van der Waals surface area contributed by atoms with Crippen molar-refractivity contribution < 1.29 is 4.74 Å². The molecule has 1 rings (SSSR count). The third-order valence-corrected chi connectivity index (χ3v) is 3.01. The summed E-state index contributed by atoms with van der Waals surface area (Å²) in [6, 6.07) is 7.15. The highest BCUT2D eigenvalue weighted by atomic mass is 16.5. The first-order valence-corrected chi connectivity index (χ1v) is 7.02. The highest BCUT2D eigenvalue weighted by molar-refractivity contribution is 5.30. The van der Waals surface area contributed by atoms with E-state index < -0.39 is 0 Å². The molecule has 0 aliphatic heterocycles. The van der Waals surface area contributed by atoms with Gasteiger partial charge in [0.2, 0.25) is 0 Å². The van der Waals surface area contributed by atoms with Gasteiger partial charge in [0.15, 0.2) is 0 Å². The molecule has 1 unspecified atom stereocenters. The van der Waals surface area contributed by atoms with Crippen LogP contribution in [-0.4, -0.2) is 19.8 Å². The lowest BCUT2D eigenvalue weighted by Gasteiger charge is -2.15. The Morgan fingerprint density at radius 3 is 2.39 bits per heavy atom. The second-order valence-corrected chi connectivity index (χ2v) is 5.06. The van der Waals surface area contributed by atoms with Gasteiger partial charge < -0.3 is 10.1 Å². The monoisotopic (exact) mass is 249 g/mol. The predicted octanol–water partition coefficient (Wildman–Crippen LogP) is 3.77.